The van der Waals surface area contributed by atoms with E-state index in [2.05, 4.69) is 0 Å². The Balaban J connectivity index is 2.54. The fraction of sp³-hybridized carbons (Fsp3) is 0.333. The molecule has 0 radical (unpaired) electrons. The molecule has 0 saturated carbocycles. The average molecular weight is 268 g/mol. The fourth-order valence-corrected chi connectivity index (χ4v) is 2.35. The Hall–Kier alpha value is -1.53. The van der Waals surface area contributed by atoms with E-state index in [1.807, 2.05) is 31.2 Å². The second kappa shape index (κ2) is 4.62. The summed E-state index contributed by atoms with van der Waals surface area (Å²) in [6.07, 6.45) is 3.36. The van der Waals surface area contributed by atoms with Crippen molar-refractivity contribution >= 4 is 21.0 Å². The number of hydrogen-bond donors (Lipinski definition) is 1. The highest BCUT2D eigenvalue weighted by molar-refractivity contribution is 7.86. The molecule has 1 unspecified atom stereocenters. The summed E-state index contributed by atoms with van der Waals surface area (Å²) in [6, 6.07) is 7.47. The molecule has 0 aliphatic rings. The monoisotopic (exact) mass is 268 g/mol. The second-order valence-electron chi connectivity index (χ2n) is 4.46. The highest BCUT2D eigenvalue weighted by Crippen LogP contribution is 2.21. The van der Waals surface area contributed by atoms with E-state index in [0.29, 0.717) is 6.42 Å². The third kappa shape index (κ3) is 2.83. The second-order valence-corrected chi connectivity index (χ2v) is 6.01. The molecule has 2 aromatic rings. The standard InChI is InChI=1S/C12H16N2O3S/c1-9(13)7-10-8-14(17-18(2,15)16)12-6-4-3-5-11(10)12/h3-6,8-9H,7,13H2,1-2H3. The van der Waals surface area contributed by atoms with Crippen LogP contribution in [0.5, 0.6) is 0 Å². The molecule has 0 bridgehead atoms. The van der Waals surface area contributed by atoms with Gasteiger partial charge in [0.05, 0.1) is 11.8 Å². The van der Waals surface area contributed by atoms with Gasteiger partial charge in [0.2, 0.25) is 0 Å². The molecule has 98 valence electrons. The first-order chi connectivity index (χ1) is 8.37. The lowest BCUT2D eigenvalue weighted by atomic mass is 10.1. The highest BCUT2D eigenvalue weighted by Gasteiger charge is 2.13. The summed E-state index contributed by atoms with van der Waals surface area (Å²) in [4.78, 5) is 0. The maximum absolute atomic E-state index is 11.2. The lowest BCUT2D eigenvalue weighted by Gasteiger charge is -2.03. The zero-order chi connectivity index (χ0) is 13.3. The number of rotatable bonds is 4. The van der Waals surface area contributed by atoms with Crippen molar-refractivity contribution in [2.75, 3.05) is 6.26 Å². The van der Waals surface area contributed by atoms with Gasteiger partial charge in [-0.05, 0) is 25.0 Å². The minimum Gasteiger partial charge on any atom is -0.328 e. The van der Waals surface area contributed by atoms with Crippen molar-refractivity contribution in [3.8, 4) is 0 Å². The molecular formula is C12H16N2O3S. The largest absolute Gasteiger partial charge is 0.328 e. The van der Waals surface area contributed by atoms with E-state index >= 15 is 0 Å². The van der Waals surface area contributed by atoms with E-state index in [-0.39, 0.29) is 6.04 Å². The van der Waals surface area contributed by atoms with E-state index in [1.165, 1.54) is 4.73 Å². The quantitative estimate of drug-likeness (QED) is 0.894. The Morgan fingerprint density at radius 1 is 1.39 bits per heavy atom. The number of benzene rings is 1. The Bertz CT molecular complexity index is 659. The van der Waals surface area contributed by atoms with Crippen molar-refractivity contribution in [1.82, 2.24) is 4.73 Å². The molecule has 1 heterocycles. The summed E-state index contributed by atoms with van der Waals surface area (Å²) < 4.78 is 28.6. The van der Waals surface area contributed by atoms with Gasteiger partial charge in [-0.3, -0.25) is 4.28 Å². The highest BCUT2D eigenvalue weighted by atomic mass is 32.2. The SMILES string of the molecule is CC(N)Cc1cn(OS(C)(=O)=O)c2ccccc12. The number of nitrogens with zero attached hydrogens (tertiary/aromatic N) is 1. The minimum atomic E-state index is -3.55. The molecule has 0 saturated heterocycles. The molecule has 5 nitrogen and oxygen atoms in total. The number of hydrogen-bond acceptors (Lipinski definition) is 4. The number of fused-ring (bicyclic) bond motifs is 1. The molecule has 18 heavy (non-hydrogen) atoms. The predicted molar refractivity (Wildman–Crippen MR) is 70.7 cm³/mol. The van der Waals surface area contributed by atoms with Gasteiger partial charge in [0.1, 0.15) is 0 Å². The molecule has 2 rings (SSSR count). The molecule has 0 spiro atoms. The van der Waals surface area contributed by atoms with Gasteiger partial charge >= 0.3 is 10.1 Å². The summed E-state index contributed by atoms with van der Waals surface area (Å²) in [7, 11) is -3.55. The topological polar surface area (TPSA) is 74.3 Å². The number of aromatic nitrogens is 1. The van der Waals surface area contributed by atoms with Crippen LogP contribution >= 0.6 is 0 Å². The summed E-state index contributed by atoms with van der Waals surface area (Å²) in [5, 5.41) is 0.957. The normalized spacial score (nSPS) is 13.7. The van der Waals surface area contributed by atoms with Gasteiger partial charge in [-0.15, -0.1) is 0 Å². The van der Waals surface area contributed by atoms with Crippen LogP contribution in [0.3, 0.4) is 0 Å². The van der Waals surface area contributed by atoms with Crippen LogP contribution in [-0.2, 0) is 16.5 Å². The van der Waals surface area contributed by atoms with Crippen LogP contribution in [0, 0.1) is 0 Å². The van der Waals surface area contributed by atoms with Crippen molar-refractivity contribution in [1.29, 1.82) is 0 Å². The Kier molecular flexibility index (Phi) is 3.32. The number of nitrogens with two attached hydrogens (primary N) is 1. The van der Waals surface area contributed by atoms with Crippen LogP contribution in [-0.4, -0.2) is 25.4 Å². The van der Waals surface area contributed by atoms with Gasteiger partial charge in [0.25, 0.3) is 0 Å². The van der Waals surface area contributed by atoms with Crippen molar-refractivity contribution < 1.29 is 12.7 Å². The zero-order valence-corrected chi connectivity index (χ0v) is 11.1. The molecule has 1 atom stereocenters. The fourth-order valence-electron chi connectivity index (χ4n) is 1.94. The van der Waals surface area contributed by atoms with Gasteiger partial charge < -0.3 is 5.73 Å². The third-order valence-electron chi connectivity index (χ3n) is 2.52. The summed E-state index contributed by atoms with van der Waals surface area (Å²) in [6.45, 7) is 1.91. The van der Waals surface area contributed by atoms with Gasteiger partial charge in [-0.1, -0.05) is 18.2 Å². The summed E-state index contributed by atoms with van der Waals surface area (Å²) in [5.74, 6) is 0. The molecule has 0 amide bonds. The van der Waals surface area contributed by atoms with Crippen LogP contribution < -0.4 is 10.0 Å². The zero-order valence-electron chi connectivity index (χ0n) is 10.3. The smallest absolute Gasteiger partial charge is 0.324 e. The molecular weight excluding hydrogens is 252 g/mol. The first-order valence-electron chi connectivity index (χ1n) is 5.61. The molecule has 0 aliphatic heterocycles. The molecule has 1 aromatic carbocycles. The lowest BCUT2D eigenvalue weighted by molar-refractivity contribution is 0.295. The first kappa shape index (κ1) is 12.9. The van der Waals surface area contributed by atoms with E-state index in [9.17, 15) is 8.42 Å². The third-order valence-corrected chi connectivity index (χ3v) is 2.95. The maximum atomic E-state index is 11.2. The Morgan fingerprint density at radius 2 is 2.06 bits per heavy atom. The first-order valence-corrected chi connectivity index (χ1v) is 7.43. The van der Waals surface area contributed by atoms with E-state index in [4.69, 9.17) is 10.0 Å². The van der Waals surface area contributed by atoms with Gasteiger partial charge in [0, 0.05) is 17.6 Å². The van der Waals surface area contributed by atoms with Crippen molar-refractivity contribution in [2.24, 2.45) is 5.73 Å². The Labute approximate surface area is 106 Å². The van der Waals surface area contributed by atoms with Crippen LogP contribution in [0.15, 0.2) is 30.5 Å². The van der Waals surface area contributed by atoms with E-state index < -0.39 is 10.1 Å². The average Bonchev–Trinajstić information content (AvgIpc) is 2.54. The van der Waals surface area contributed by atoms with Crippen LogP contribution in [0.4, 0.5) is 0 Å². The van der Waals surface area contributed by atoms with Gasteiger partial charge in [0.15, 0.2) is 0 Å². The minimum absolute atomic E-state index is 0.00231. The van der Waals surface area contributed by atoms with Crippen molar-refractivity contribution in [3.05, 3.63) is 36.0 Å². The molecule has 0 fully saturated rings. The maximum Gasteiger partial charge on any atom is 0.324 e. The molecule has 0 aliphatic carbocycles. The van der Waals surface area contributed by atoms with Gasteiger partial charge in [-0.2, -0.15) is 13.1 Å². The predicted octanol–water partition coefficient (Wildman–Crippen LogP) is 0.919. The van der Waals surface area contributed by atoms with Crippen molar-refractivity contribution in [3.63, 3.8) is 0 Å². The lowest BCUT2D eigenvalue weighted by Crippen LogP contribution is -2.18. The van der Waals surface area contributed by atoms with Crippen LogP contribution in [0.25, 0.3) is 10.9 Å². The molecule has 1 aromatic heterocycles. The molecule has 6 heteroatoms. The summed E-state index contributed by atoms with van der Waals surface area (Å²) >= 11 is 0. The van der Waals surface area contributed by atoms with Crippen LogP contribution in [0.1, 0.15) is 12.5 Å². The summed E-state index contributed by atoms with van der Waals surface area (Å²) in [5.41, 5.74) is 7.48. The van der Waals surface area contributed by atoms with Gasteiger partial charge in [-0.25, -0.2) is 0 Å². The van der Waals surface area contributed by atoms with Crippen molar-refractivity contribution in [2.45, 2.75) is 19.4 Å². The Morgan fingerprint density at radius 3 is 2.67 bits per heavy atom. The van der Waals surface area contributed by atoms with E-state index in [0.717, 1.165) is 22.7 Å². The number of para-hydroxylation sites is 1. The van der Waals surface area contributed by atoms with E-state index in [1.54, 1.807) is 6.20 Å². The van der Waals surface area contributed by atoms with Crippen LogP contribution in [0.2, 0.25) is 0 Å². The molecule has 2 N–H and O–H groups in total.